The number of carbonyl (C=O) groups is 2. The fraction of sp³-hybridized carbons (Fsp3) is 0.636. The molecule has 0 bridgehead atoms. The zero-order valence-electron chi connectivity index (χ0n) is 9.26. The van der Waals surface area contributed by atoms with Crippen molar-refractivity contribution in [1.29, 1.82) is 0 Å². The second-order valence-corrected chi connectivity index (χ2v) is 4.01. The molecule has 0 aliphatic carbocycles. The summed E-state index contributed by atoms with van der Waals surface area (Å²) in [7, 11) is 0. The number of hydrogen-bond donors (Lipinski definition) is 2. The Kier molecular flexibility index (Phi) is 4.49. The molecule has 5 nitrogen and oxygen atoms in total. The SMILES string of the molecule is C=CCC(N)C(=O)N1CCCCC1C(=O)O. The second kappa shape index (κ2) is 5.65. The van der Waals surface area contributed by atoms with Crippen molar-refractivity contribution >= 4 is 11.9 Å². The smallest absolute Gasteiger partial charge is 0.326 e. The van der Waals surface area contributed by atoms with Crippen LogP contribution in [0.15, 0.2) is 12.7 Å². The summed E-state index contributed by atoms with van der Waals surface area (Å²) < 4.78 is 0. The van der Waals surface area contributed by atoms with E-state index < -0.39 is 18.1 Å². The zero-order valence-corrected chi connectivity index (χ0v) is 9.26. The number of nitrogens with zero attached hydrogens (tertiary/aromatic N) is 1. The maximum Gasteiger partial charge on any atom is 0.326 e. The average molecular weight is 226 g/mol. The van der Waals surface area contributed by atoms with E-state index in [9.17, 15) is 9.59 Å². The number of aliphatic carboxylic acids is 1. The molecule has 2 atom stereocenters. The van der Waals surface area contributed by atoms with Gasteiger partial charge in [0, 0.05) is 6.54 Å². The summed E-state index contributed by atoms with van der Waals surface area (Å²) in [5.41, 5.74) is 5.67. The predicted octanol–water partition coefficient (Wildman–Crippen LogP) is 0.355. The largest absolute Gasteiger partial charge is 0.480 e. The van der Waals surface area contributed by atoms with Crippen molar-refractivity contribution in [2.45, 2.75) is 37.8 Å². The Balaban J connectivity index is 2.70. The van der Waals surface area contributed by atoms with E-state index in [2.05, 4.69) is 6.58 Å². The van der Waals surface area contributed by atoms with E-state index in [1.54, 1.807) is 6.08 Å². The highest BCUT2D eigenvalue weighted by Crippen LogP contribution is 2.18. The molecule has 90 valence electrons. The number of amides is 1. The second-order valence-electron chi connectivity index (χ2n) is 4.01. The van der Waals surface area contributed by atoms with Gasteiger partial charge in [0.2, 0.25) is 5.91 Å². The number of likely N-dealkylation sites (tertiary alicyclic amines) is 1. The summed E-state index contributed by atoms with van der Waals surface area (Å²) in [4.78, 5) is 24.3. The maximum absolute atomic E-state index is 11.9. The molecule has 1 rings (SSSR count). The number of carboxylic acid groups (broad SMARTS) is 1. The highest BCUT2D eigenvalue weighted by Gasteiger charge is 2.33. The fourth-order valence-corrected chi connectivity index (χ4v) is 1.95. The van der Waals surface area contributed by atoms with Crippen LogP contribution in [-0.4, -0.2) is 40.5 Å². The van der Waals surface area contributed by atoms with Crippen molar-refractivity contribution in [3.63, 3.8) is 0 Å². The van der Waals surface area contributed by atoms with Gasteiger partial charge in [0.15, 0.2) is 0 Å². The van der Waals surface area contributed by atoms with E-state index in [1.807, 2.05) is 0 Å². The minimum absolute atomic E-state index is 0.285. The van der Waals surface area contributed by atoms with Crippen molar-refractivity contribution in [1.82, 2.24) is 4.90 Å². The van der Waals surface area contributed by atoms with Gasteiger partial charge < -0.3 is 15.7 Å². The van der Waals surface area contributed by atoms with Crippen LogP contribution < -0.4 is 5.73 Å². The van der Waals surface area contributed by atoms with Crippen LogP contribution in [0.5, 0.6) is 0 Å². The van der Waals surface area contributed by atoms with Crippen molar-refractivity contribution in [2.24, 2.45) is 5.73 Å². The van der Waals surface area contributed by atoms with Gasteiger partial charge in [-0.05, 0) is 25.7 Å². The first-order valence-electron chi connectivity index (χ1n) is 5.47. The molecule has 1 aliphatic heterocycles. The Morgan fingerprint density at radius 3 is 2.81 bits per heavy atom. The number of carboxylic acids is 1. The number of hydrogen-bond acceptors (Lipinski definition) is 3. The van der Waals surface area contributed by atoms with Crippen LogP contribution in [0.1, 0.15) is 25.7 Å². The van der Waals surface area contributed by atoms with Crippen LogP contribution in [-0.2, 0) is 9.59 Å². The van der Waals surface area contributed by atoms with Gasteiger partial charge in [0.1, 0.15) is 6.04 Å². The first-order valence-corrected chi connectivity index (χ1v) is 5.47. The Labute approximate surface area is 94.9 Å². The lowest BCUT2D eigenvalue weighted by Crippen LogP contribution is -2.53. The summed E-state index contributed by atoms with van der Waals surface area (Å²) >= 11 is 0. The Morgan fingerprint density at radius 2 is 2.25 bits per heavy atom. The third kappa shape index (κ3) is 2.82. The molecule has 16 heavy (non-hydrogen) atoms. The summed E-state index contributed by atoms with van der Waals surface area (Å²) in [5, 5.41) is 9.01. The lowest BCUT2D eigenvalue weighted by Gasteiger charge is -2.34. The van der Waals surface area contributed by atoms with Crippen LogP contribution in [0.3, 0.4) is 0 Å². The van der Waals surface area contributed by atoms with Crippen molar-refractivity contribution in [2.75, 3.05) is 6.54 Å². The summed E-state index contributed by atoms with van der Waals surface area (Å²) in [5.74, 6) is -1.23. The van der Waals surface area contributed by atoms with E-state index in [4.69, 9.17) is 10.8 Å². The fourth-order valence-electron chi connectivity index (χ4n) is 1.95. The van der Waals surface area contributed by atoms with Gasteiger partial charge in [-0.1, -0.05) is 6.08 Å². The molecule has 0 aromatic carbocycles. The van der Waals surface area contributed by atoms with E-state index in [1.165, 1.54) is 4.90 Å². The predicted molar refractivity (Wildman–Crippen MR) is 59.8 cm³/mol. The van der Waals surface area contributed by atoms with Crippen LogP contribution >= 0.6 is 0 Å². The van der Waals surface area contributed by atoms with Crippen LogP contribution in [0, 0.1) is 0 Å². The summed E-state index contributed by atoms with van der Waals surface area (Å²) in [6.07, 6.45) is 4.15. The quantitative estimate of drug-likeness (QED) is 0.678. The first-order chi connectivity index (χ1) is 7.57. The number of nitrogens with two attached hydrogens (primary N) is 1. The molecule has 2 unspecified atom stereocenters. The topological polar surface area (TPSA) is 83.6 Å². The van der Waals surface area contributed by atoms with Gasteiger partial charge in [0.25, 0.3) is 0 Å². The Hall–Kier alpha value is -1.36. The number of piperidine rings is 1. The zero-order chi connectivity index (χ0) is 12.1. The van der Waals surface area contributed by atoms with E-state index in [0.717, 1.165) is 12.8 Å². The van der Waals surface area contributed by atoms with E-state index >= 15 is 0 Å². The number of rotatable bonds is 4. The highest BCUT2D eigenvalue weighted by atomic mass is 16.4. The van der Waals surface area contributed by atoms with Gasteiger partial charge in [-0.15, -0.1) is 6.58 Å². The van der Waals surface area contributed by atoms with Gasteiger partial charge >= 0.3 is 5.97 Å². The van der Waals surface area contributed by atoms with Crippen molar-refractivity contribution < 1.29 is 14.7 Å². The Morgan fingerprint density at radius 1 is 1.56 bits per heavy atom. The molecule has 0 aromatic rings. The van der Waals surface area contributed by atoms with Crippen molar-refractivity contribution in [3.8, 4) is 0 Å². The molecular weight excluding hydrogens is 208 g/mol. The monoisotopic (exact) mass is 226 g/mol. The summed E-state index contributed by atoms with van der Waals surface area (Å²) in [6.45, 7) is 4.00. The molecule has 1 aliphatic rings. The lowest BCUT2D eigenvalue weighted by molar-refractivity contribution is -0.152. The molecule has 0 aromatic heterocycles. The molecule has 1 fully saturated rings. The molecule has 1 saturated heterocycles. The standard InChI is InChI=1S/C11H18N2O3/c1-2-5-8(12)10(14)13-7-4-3-6-9(13)11(15)16/h2,8-9H,1,3-7,12H2,(H,15,16). The first kappa shape index (κ1) is 12.7. The third-order valence-electron chi connectivity index (χ3n) is 2.81. The molecule has 0 radical (unpaired) electrons. The van der Waals surface area contributed by atoms with E-state index in [0.29, 0.717) is 19.4 Å². The van der Waals surface area contributed by atoms with Gasteiger partial charge in [0.05, 0.1) is 6.04 Å². The van der Waals surface area contributed by atoms with Crippen LogP contribution in [0.2, 0.25) is 0 Å². The molecule has 1 heterocycles. The lowest BCUT2D eigenvalue weighted by atomic mass is 10.0. The Bertz CT molecular complexity index is 291. The van der Waals surface area contributed by atoms with Gasteiger partial charge in [-0.3, -0.25) is 4.79 Å². The molecule has 1 amide bonds. The normalized spacial score (nSPS) is 22.6. The van der Waals surface area contributed by atoms with E-state index in [-0.39, 0.29) is 5.91 Å². The minimum Gasteiger partial charge on any atom is -0.480 e. The van der Waals surface area contributed by atoms with Crippen LogP contribution in [0.4, 0.5) is 0 Å². The molecule has 0 saturated carbocycles. The molecule has 3 N–H and O–H groups in total. The van der Waals surface area contributed by atoms with Gasteiger partial charge in [-0.25, -0.2) is 4.79 Å². The van der Waals surface area contributed by atoms with Crippen LogP contribution in [0.25, 0.3) is 0 Å². The van der Waals surface area contributed by atoms with Gasteiger partial charge in [-0.2, -0.15) is 0 Å². The minimum atomic E-state index is -0.946. The molecular formula is C11H18N2O3. The average Bonchev–Trinajstić information content (AvgIpc) is 2.28. The molecule has 0 spiro atoms. The highest BCUT2D eigenvalue weighted by molar-refractivity contribution is 5.87. The summed E-state index contributed by atoms with van der Waals surface area (Å²) in [6, 6.07) is -1.38. The van der Waals surface area contributed by atoms with Crippen molar-refractivity contribution in [3.05, 3.63) is 12.7 Å². The maximum atomic E-state index is 11.9. The molecule has 5 heteroatoms. The third-order valence-corrected chi connectivity index (χ3v) is 2.81. The number of carbonyl (C=O) groups excluding carboxylic acids is 1.